The van der Waals surface area contributed by atoms with Crippen molar-refractivity contribution in [3.63, 3.8) is 0 Å². The van der Waals surface area contributed by atoms with Crippen LogP contribution in [-0.2, 0) is 11.8 Å². The Morgan fingerprint density at radius 1 is 1.06 bits per heavy atom. The average molecular weight is 221 g/mol. The lowest BCUT2D eigenvalue weighted by Gasteiger charge is -2.21. The smallest absolute Gasteiger partial charge is 0.136 e. The molecular weight excluding hydrogens is 198 g/mol. The summed E-state index contributed by atoms with van der Waals surface area (Å²) in [6, 6.07) is 1.88. The number of aromatic nitrogens is 2. The Balaban J connectivity index is 3.09. The van der Waals surface area contributed by atoms with Gasteiger partial charge in [-0.3, -0.25) is 0 Å². The van der Waals surface area contributed by atoms with E-state index < -0.39 is 0 Å². The molecule has 90 valence electrons. The van der Waals surface area contributed by atoms with Crippen LogP contribution in [0.15, 0.2) is 6.07 Å². The number of nitrogen functional groups attached to an aromatic ring is 1. The first-order valence-electron chi connectivity index (χ1n) is 5.72. The van der Waals surface area contributed by atoms with E-state index in [0.29, 0.717) is 5.82 Å². The van der Waals surface area contributed by atoms with Crippen LogP contribution in [0.1, 0.15) is 53.1 Å². The fourth-order valence-corrected chi connectivity index (χ4v) is 1.49. The van der Waals surface area contributed by atoms with Crippen molar-refractivity contribution < 1.29 is 0 Å². The van der Waals surface area contributed by atoms with Gasteiger partial charge in [0, 0.05) is 17.2 Å². The van der Waals surface area contributed by atoms with Gasteiger partial charge in [0.25, 0.3) is 0 Å². The number of rotatable bonds is 1. The maximum absolute atomic E-state index is 5.82. The van der Waals surface area contributed by atoms with Crippen LogP contribution in [0.5, 0.6) is 0 Å². The zero-order chi connectivity index (χ0) is 12.6. The van der Waals surface area contributed by atoms with Gasteiger partial charge in [0.15, 0.2) is 0 Å². The van der Waals surface area contributed by atoms with E-state index in [-0.39, 0.29) is 10.8 Å². The minimum absolute atomic E-state index is 0.0536. The lowest BCUT2D eigenvalue weighted by molar-refractivity contribution is 0.403. The van der Waals surface area contributed by atoms with Crippen molar-refractivity contribution in [2.45, 2.75) is 53.4 Å². The molecule has 0 unspecified atom stereocenters. The van der Waals surface area contributed by atoms with Crippen molar-refractivity contribution in [3.05, 3.63) is 17.6 Å². The Kier molecular flexibility index (Phi) is 3.27. The maximum Gasteiger partial charge on any atom is 0.136 e. The molecule has 1 heterocycles. The molecule has 0 bridgehead atoms. The van der Waals surface area contributed by atoms with Gasteiger partial charge in [-0.25, -0.2) is 9.97 Å². The van der Waals surface area contributed by atoms with Crippen LogP contribution < -0.4 is 5.73 Å². The molecule has 1 rings (SSSR count). The first kappa shape index (κ1) is 12.9. The highest BCUT2D eigenvalue weighted by molar-refractivity contribution is 5.31. The monoisotopic (exact) mass is 221 g/mol. The van der Waals surface area contributed by atoms with Crippen LogP contribution in [0.25, 0.3) is 0 Å². The normalized spacial score (nSPS) is 12.9. The van der Waals surface area contributed by atoms with Gasteiger partial charge in [-0.15, -0.1) is 0 Å². The van der Waals surface area contributed by atoms with Gasteiger partial charge in [-0.2, -0.15) is 0 Å². The van der Waals surface area contributed by atoms with E-state index in [4.69, 9.17) is 5.73 Å². The molecule has 3 heteroatoms. The van der Waals surface area contributed by atoms with Gasteiger partial charge in [-0.1, -0.05) is 41.5 Å². The van der Waals surface area contributed by atoms with Gasteiger partial charge in [0.2, 0.25) is 0 Å². The molecule has 2 N–H and O–H groups in total. The summed E-state index contributed by atoms with van der Waals surface area (Å²) in [5.74, 6) is 1.39. The van der Waals surface area contributed by atoms with Crippen LogP contribution in [0.3, 0.4) is 0 Å². The van der Waals surface area contributed by atoms with Crippen molar-refractivity contribution in [2.75, 3.05) is 5.73 Å². The number of hydrogen-bond acceptors (Lipinski definition) is 3. The molecule has 0 spiro atoms. The molecule has 0 aliphatic carbocycles. The van der Waals surface area contributed by atoms with Crippen LogP contribution >= 0.6 is 0 Å². The van der Waals surface area contributed by atoms with E-state index >= 15 is 0 Å². The molecule has 0 aliphatic rings. The van der Waals surface area contributed by atoms with E-state index in [0.717, 1.165) is 17.9 Å². The predicted octanol–water partition coefficient (Wildman–Crippen LogP) is 2.94. The summed E-state index contributed by atoms with van der Waals surface area (Å²) in [5.41, 5.74) is 7.02. The molecule has 0 saturated carbocycles. The van der Waals surface area contributed by atoms with Crippen molar-refractivity contribution >= 4 is 5.82 Å². The second-order valence-corrected chi connectivity index (χ2v) is 6.60. The first-order chi connectivity index (χ1) is 7.08. The SMILES string of the molecule is CC(C)(C)Cc1cc(N)nc(C(C)(C)C)n1. The van der Waals surface area contributed by atoms with Crippen molar-refractivity contribution in [3.8, 4) is 0 Å². The zero-order valence-corrected chi connectivity index (χ0v) is 11.3. The third kappa shape index (κ3) is 3.80. The predicted molar refractivity (Wildman–Crippen MR) is 68.3 cm³/mol. The second-order valence-electron chi connectivity index (χ2n) is 6.60. The van der Waals surface area contributed by atoms with Gasteiger partial charge in [-0.05, 0) is 11.8 Å². The van der Waals surface area contributed by atoms with Crippen LogP contribution in [0, 0.1) is 5.41 Å². The summed E-state index contributed by atoms with van der Waals surface area (Å²) >= 11 is 0. The van der Waals surface area contributed by atoms with Gasteiger partial charge in [0.1, 0.15) is 11.6 Å². The highest BCUT2D eigenvalue weighted by Crippen LogP contribution is 2.23. The molecule has 0 aliphatic heterocycles. The third-order valence-electron chi connectivity index (χ3n) is 2.18. The lowest BCUT2D eigenvalue weighted by Crippen LogP contribution is -2.20. The minimum atomic E-state index is -0.0536. The third-order valence-corrected chi connectivity index (χ3v) is 2.18. The molecule has 0 amide bonds. The van der Waals surface area contributed by atoms with Crippen molar-refractivity contribution in [1.29, 1.82) is 0 Å². The molecule has 3 nitrogen and oxygen atoms in total. The van der Waals surface area contributed by atoms with Crippen LogP contribution in [-0.4, -0.2) is 9.97 Å². The second kappa shape index (κ2) is 4.04. The summed E-state index contributed by atoms with van der Waals surface area (Å²) in [6.45, 7) is 12.9. The number of hydrogen-bond donors (Lipinski definition) is 1. The summed E-state index contributed by atoms with van der Waals surface area (Å²) in [4.78, 5) is 8.90. The van der Waals surface area contributed by atoms with Gasteiger partial charge < -0.3 is 5.73 Å². The van der Waals surface area contributed by atoms with E-state index in [2.05, 4.69) is 51.5 Å². The van der Waals surface area contributed by atoms with Crippen LogP contribution in [0.2, 0.25) is 0 Å². The van der Waals surface area contributed by atoms with E-state index in [1.165, 1.54) is 0 Å². The Hall–Kier alpha value is -1.12. The average Bonchev–Trinajstić information content (AvgIpc) is 1.97. The number of nitrogens with two attached hydrogens (primary N) is 1. The lowest BCUT2D eigenvalue weighted by atomic mass is 9.90. The summed E-state index contributed by atoms with van der Waals surface area (Å²) in [7, 11) is 0. The molecule has 0 radical (unpaired) electrons. The fourth-order valence-electron chi connectivity index (χ4n) is 1.49. The van der Waals surface area contributed by atoms with Gasteiger partial charge >= 0.3 is 0 Å². The Morgan fingerprint density at radius 3 is 2.06 bits per heavy atom. The van der Waals surface area contributed by atoms with E-state index in [1.54, 1.807) is 0 Å². The number of anilines is 1. The largest absolute Gasteiger partial charge is 0.384 e. The molecule has 0 aromatic carbocycles. The quantitative estimate of drug-likeness (QED) is 0.793. The van der Waals surface area contributed by atoms with E-state index in [1.807, 2.05) is 6.07 Å². The summed E-state index contributed by atoms with van der Waals surface area (Å²) in [5, 5.41) is 0. The highest BCUT2D eigenvalue weighted by atomic mass is 15.0. The standard InChI is InChI=1S/C13H23N3/c1-12(2,3)8-9-7-10(14)16-11(15-9)13(4,5)6/h7H,8H2,1-6H3,(H2,14,15,16). The summed E-state index contributed by atoms with van der Waals surface area (Å²) in [6.07, 6.45) is 0.919. The van der Waals surface area contributed by atoms with Crippen molar-refractivity contribution in [1.82, 2.24) is 9.97 Å². The molecule has 0 atom stereocenters. The van der Waals surface area contributed by atoms with Crippen LogP contribution in [0.4, 0.5) is 5.82 Å². The Labute approximate surface area is 98.5 Å². The van der Waals surface area contributed by atoms with Crippen molar-refractivity contribution in [2.24, 2.45) is 5.41 Å². The zero-order valence-electron chi connectivity index (χ0n) is 11.3. The molecule has 0 fully saturated rings. The minimum Gasteiger partial charge on any atom is -0.384 e. The summed E-state index contributed by atoms with van der Waals surface area (Å²) < 4.78 is 0. The molecule has 1 aromatic heterocycles. The molecular formula is C13H23N3. The molecule has 16 heavy (non-hydrogen) atoms. The molecule has 1 aromatic rings. The fraction of sp³-hybridized carbons (Fsp3) is 0.692. The first-order valence-corrected chi connectivity index (χ1v) is 5.72. The van der Waals surface area contributed by atoms with Gasteiger partial charge in [0.05, 0.1) is 0 Å². The maximum atomic E-state index is 5.82. The Morgan fingerprint density at radius 2 is 1.62 bits per heavy atom. The number of nitrogens with zero attached hydrogens (tertiary/aromatic N) is 2. The Bertz CT molecular complexity index is 370. The molecule has 0 saturated heterocycles. The highest BCUT2D eigenvalue weighted by Gasteiger charge is 2.20. The topological polar surface area (TPSA) is 51.8 Å². The van der Waals surface area contributed by atoms with E-state index in [9.17, 15) is 0 Å².